The van der Waals surface area contributed by atoms with Crippen LogP contribution in [-0.2, 0) is 16.0 Å². The van der Waals surface area contributed by atoms with Crippen LogP contribution in [0.2, 0.25) is 0 Å². The van der Waals surface area contributed by atoms with Crippen molar-refractivity contribution in [3.63, 3.8) is 0 Å². The van der Waals surface area contributed by atoms with E-state index < -0.39 is 50.4 Å². The molecule has 2 unspecified atom stereocenters. The SMILES string of the molecule is O=C(C(O)CO)N(CCO)c1c(I)c(CCO)c(I)c(N(CCO)C(=O)C(O)CO)c1I. The largest absolute Gasteiger partial charge is 0.396 e. The zero-order chi connectivity index (χ0) is 24.6. The van der Waals surface area contributed by atoms with Gasteiger partial charge in [-0.25, -0.2) is 0 Å². The van der Waals surface area contributed by atoms with Gasteiger partial charge < -0.3 is 45.5 Å². The Kier molecular flexibility index (Phi) is 13.6. The Morgan fingerprint density at radius 3 is 1.34 bits per heavy atom. The Morgan fingerprint density at radius 1 is 0.688 bits per heavy atom. The fraction of sp³-hybridized carbons (Fsp3) is 0.556. The highest BCUT2D eigenvalue weighted by Crippen LogP contribution is 2.43. The Morgan fingerprint density at radius 2 is 1.06 bits per heavy atom. The van der Waals surface area contributed by atoms with Gasteiger partial charge in [-0.15, -0.1) is 0 Å². The zero-order valence-electron chi connectivity index (χ0n) is 16.8. The van der Waals surface area contributed by atoms with Crippen molar-refractivity contribution in [1.29, 1.82) is 0 Å². The molecule has 0 saturated heterocycles. The van der Waals surface area contributed by atoms with Crippen LogP contribution in [-0.4, -0.2) is 106 Å². The molecular formula is C18H25I3N2O9. The number of carbonyl (C=O) groups excluding carboxylic acids is 2. The molecule has 0 aromatic heterocycles. The topological polar surface area (TPSA) is 182 Å². The molecule has 0 spiro atoms. The number of hydrogen-bond acceptors (Lipinski definition) is 9. The summed E-state index contributed by atoms with van der Waals surface area (Å²) < 4.78 is 1.36. The van der Waals surface area contributed by atoms with Crippen LogP contribution in [0.15, 0.2) is 0 Å². The lowest BCUT2D eigenvalue weighted by Gasteiger charge is -2.33. The number of amides is 2. The van der Waals surface area contributed by atoms with Crippen molar-refractivity contribution in [3.8, 4) is 0 Å². The van der Waals surface area contributed by atoms with Crippen molar-refractivity contribution in [2.24, 2.45) is 0 Å². The number of nitrogens with zero attached hydrogens (tertiary/aromatic N) is 2. The molecule has 1 aromatic carbocycles. The van der Waals surface area contributed by atoms with Gasteiger partial charge in [-0.1, -0.05) is 0 Å². The van der Waals surface area contributed by atoms with Crippen molar-refractivity contribution in [1.82, 2.24) is 0 Å². The lowest BCUT2D eigenvalue weighted by atomic mass is 10.1. The van der Waals surface area contributed by atoms with Gasteiger partial charge in [0.2, 0.25) is 0 Å². The minimum absolute atomic E-state index is 0.140. The minimum Gasteiger partial charge on any atom is -0.396 e. The number of halogens is 3. The summed E-state index contributed by atoms with van der Waals surface area (Å²) in [4.78, 5) is 27.7. The lowest BCUT2D eigenvalue weighted by molar-refractivity contribution is -0.129. The second-order valence-corrected chi connectivity index (χ2v) is 9.65. The Balaban J connectivity index is 3.94. The standard InChI is InChI=1S/C18H25I3N2O9/c19-12-9(1-4-24)13(20)16(23(3-6-26)18(32)11(30)8-28)14(21)15(12)22(2-5-25)17(31)10(29)7-27/h10-11,24-30H,1-8H2. The molecule has 32 heavy (non-hydrogen) atoms. The molecule has 0 radical (unpaired) electrons. The number of benzene rings is 1. The number of carbonyl (C=O) groups is 2. The van der Waals surface area contributed by atoms with Gasteiger partial charge in [0, 0.05) is 26.8 Å². The highest BCUT2D eigenvalue weighted by atomic mass is 127. The highest BCUT2D eigenvalue weighted by molar-refractivity contribution is 14.1. The fourth-order valence-corrected chi connectivity index (χ4v) is 7.74. The van der Waals surface area contributed by atoms with Gasteiger partial charge in [0.25, 0.3) is 11.8 Å². The number of anilines is 2. The third-order valence-electron chi connectivity index (χ3n) is 4.36. The quantitative estimate of drug-likeness (QED) is 0.123. The van der Waals surface area contributed by atoms with Crippen LogP contribution in [0.4, 0.5) is 11.4 Å². The van der Waals surface area contributed by atoms with Gasteiger partial charge in [0.1, 0.15) is 0 Å². The van der Waals surface area contributed by atoms with E-state index in [0.717, 1.165) is 9.80 Å². The predicted molar refractivity (Wildman–Crippen MR) is 140 cm³/mol. The molecule has 2 amide bonds. The summed E-state index contributed by atoms with van der Waals surface area (Å²) in [5, 5.41) is 66.9. The van der Waals surface area contributed by atoms with Crippen molar-refractivity contribution in [2.75, 3.05) is 55.9 Å². The number of aliphatic hydroxyl groups excluding tert-OH is 7. The molecule has 0 bridgehead atoms. The van der Waals surface area contributed by atoms with Crippen molar-refractivity contribution >= 4 is 91.0 Å². The zero-order valence-corrected chi connectivity index (χ0v) is 23.3. The monoisotopic (exact) mass is 794 g/mol. The molecule has 0 aliphatic carbocycles. The normalized spacial score (nSPS) is 13.1. The van der Waals surface area contributed by atoms with Crippen molar-refractivity contribution in [3.05, 3.63) is 16.3 Å². The van der Waals surface area contributed by atoms with E-state index in [1.165, 1.54) is 0 Å². The maximum Gasteiger partial charge on any atom is 0.258 e. The molecule has 0 fully saturated rings. The molecule has 182 valence electrons. The van der Waals surface area contributed by atoms with E-state index in [-0.39, 0.29) is 37.5 Å². The number of hydrogen-bond donors (Lipinski definition) is 7. The average molecular weight is 794 g/mol. The molecular weight excluding hydrogens is 769 g/mol. The summed E-state index contributed by atoms with van der Waals surface area (Å²) in [6.07, 6.45) is -3.35. The Bertz CT molecular complexity index is 753. The van der Waals surface area contributed by atoms with Crippen LogP contribution < -0.4 is 9.80 Å². The summed E-state index contributed by atoms with van der Waals surface area (Å²) in [7, 11) is 0. The molecule has 0 aliphatic rings. The van der Waals surface area contributed by atoms with E-state index in [0.29, 0.717) is 16.3 Å². The van der Waals surface area contributed by atoms with E-state index in [4.69, 9.17) is 0 Å². The molecule has 1 rings (SSSR count). The smallest absolute Gasteiger partial charge is 0.258 e. The third-order valence-corrected chi connectivity index (χ3v) is 7.70. The van der Waals surface area contributed by atoms with E-state index in [9.17, 15) is 45.3 Å². The summed E-state index contributed by atoms with van der Waals surface area (Å²) in [6, 6.07) is 0. The Labute approximate surface area is 225 Å². The van der Waals surface area contributed by atoms with Gasteiger partial charge in [-0.05, 0) is 79.8 Å². The first-order valence-corrected chi connectivity index (χ1v) is 12.6. The molecule has 1 aromatic rings. The van der Waals surface area contributed by atoms with Crippen LogP contribution >= 0.6 is 67.8 Å². The van der Waals surface area contributed by atoms with Crippen LogP contribution in [0.5, 0.6) is 0 Å². The first-order valence-electron chi connectivity index (χ1n) is 9.35. The van der Waals surface area contributed by atoms with Crippen molar-refractivity contribution in [2.45, 2.75) is 18.6 Å². The summed E-state index contributed by atoms with van der Waals surface area (Å²) in [6.45, 7) is -3.32. The maximum absolute atomic E-state index is 12.8. The van der Waals surface area contributed by atoms with E-state index in [2.05, 4.69) is 0 Å². The van der Waals surface area contributed by atoms with Gasteiger partial charge in [0.15, 0.2) is 12.2 Å². The molecule has 7 N–H and O–H groups in total. The van der Waals surface area contributed by atoms with Gasteiger partial charge in [0.05, 0.1) is 41.4 Å². The fourth-order valence-electron chi connectivity index (χ4n) is 2.87. The summed E-state index contributed by atoms with van der Waals surface area (Å²) in [5.41, 5.74) is 1.01. The van der Waals surface area contributed by atoms with Gasteiger partial charge in [-0.2, -0.15) is 0 Å². The van der Waals surface area contributed by atoms with E-state index >= 15 is 0 Å². The van der Waals surface area contributed by atoms with Gasteiger partial charge in [-0.3, -0.25) is 9.59 Å². The molecule has 2 atom stereocenters. The molecule has 0 heterocycles. The van der Waals surface area contributed by atoms with Crippen LogP contribution in [0.3, 0.4) is 0 Å². The van der Waals surface area contributed by atoms with Crippen molar-refractivity contribution < 1.29 is 45.3 Å². The lowest BCUT2D eigenvalue weighted by Crippen LogP contribution is -2.45. The molecule has 11 nitrogen and oxygen atoms in total. The van der Waals surface area contributed by atoms with E-state index in [1.807, 2.05) is 67.8 Å². The van der Waals surface area contributed by atoms with Crippen LogP contribution in [0.1, 0.15) is 5.56 Å². The third kappa shape index (κ3) is 6.81. The second-order valence-electron chi connectivity index (χ2n) is 6.42. The van der Waals surface area contributed by atoms with Crippen LogP contribution in [0, 0.1) is 10.7 Å². The molecule has 0 saturated carbocycles. The Hall–Kier alpha value is 0.0700. The summed E-state index contributed by atoms with van der Waals surface area (Å²) in [5.74, 6) is -1.76. The first kappa shape index (κ1) is 30.1. The molecule has 14 heteroatoms. The second kappa shape index (κ2) is 14.5. The molecule has 0 aliphatic heterocycles. The van der Waals surface area contributed by atoms with Crippen LogP contribution in [0.25, 0.3) is 0 Å². The summed E-state index contributed by atoms with van der Waals surface area (Å²) >= 11 is 5.79. The number of aliphatic hydroxyl groups is 7. The first-order chi connectivity index (χ1) is 15.1. The maximum atomic E-state index is 12.8. The predicted octanol–water partition coefficient (Wildman–Crippen LogP) is -1.61. The number of rotatable bonds is 12. The average Bonchev–Trinajstić information content (AvgIpc) is 2.78. The highest BCUT2D eigenvalue weighted by Gasteiger charge is 2.33. The minimum atomic E-state index is -1.75. The van der Waals surface area contributed by atoms with E-state index in [1.54, 1.807) is 0 Å². The van der Waals surface area contributed by atoms with Gasteiger partial charge >= 0.3 is 0 Å².